The molecule has 0 fully saturated rings. The van der Waals surface area contributed by atoms with Crippen molar-refractivity contribution in [3.8, 4) is 0 Å². The summed E-state index contributed by atoms with van der Waals surface area (Å²) in [5.41, 5.74) is 6.23. The Morgan fingerprint density at radius 2 is 1.86 bits per heavy atom. The summed E-state index contributed by atoms with van der Waals surface area (Å²) in [6.07, 6.45) is 0. The predicted molar refractivity (Wildman–Crippen MR) is 116 cm³/mol. The van der Waals surface area contributed by atoms with Crippen LogP contribution >= 0.6 is 23.4 Å². The molecule has 0 unspecified atom stereocenters. The SMILES string of the molecule is Cc1cc2c(cc1Cl)SC(NNC(=O)Nc1cccc3ccccc13)=NS2(=O)=O. The van der Waals surface area contributed by atoms with Crippen LogP contribution in [0.1, 0.15) is 5.56 Å². The second kappa shape index (κ2) is 7.58. The highest BCUT2D eigenvalue weighted by Crippen LogP contribution is 2.36. The van der Waals surface area contributed by atoms with Crippen molar-refractivity contribution in [2.75, 3.05) is 5.32 Å². The number of rotatable bonds is 1. The van der Waals surface area contributed by atoms with Crippen molar-refractivity contribution in [1.29, 1.82) is 0 Å². The van der Waals surface area contributed by atoms with E-state index in [1.165, 1.54) is 6.07 Å². The highest BCUT2D eigenvalue weighted by molar-refractivity contribution is 8.15. The molecular weight excluding hydrogens is 432 g/mol. The van der Waals surface area contributed by atoms with Crippen LogP contribution < -0.4 is 16.2 Å². The zero-order valence-corrected chi connectivity index (χ0v) is 17.5. The van der Waals surface area contributed by atoms with Gasteiger partial charge in [0.15, 0.2) is 5.17 Å². The zero-order chi connectivity index (χ0) is 20.6. The highest BCUT2D eigenvalue weighted by Gasteiger charge is 2.27. The third-order valence-electron chi connectivity index (χ3n) is 4.23. The average Bonchev–Trinajstić information content (AvgIpc) is 2.68. The first-order chi connectivity index (χ1) is 13.8. The molecule has 0 bridgehead atoms. The lowest BCUT2D eigenvalue weighted by Crippen LogP contribution is -2.43. The number of nitrogens with zero attached hydrogens (tertiary/aromatic N) is 1. The number of urea groups is 1. The Labute approximate surface area is 176 Å². The van der Waals surface area contributed by atoms with Gasteiger partial charge < -0.3 is 5.32 Å². The largest absolute Gasteiger partial charge is 0.337 e. The van der Waals surface area contributed by atoms with Gasteiger partial charge in [0, 0.05) is 15.3 Å². The number of nitrogens with one attached hydrogen (secondary N) is 3. The van der Waals surface area contributed by atoms with Crippen molar-refractivity contribution in [3.63, 3.8) is 0 Å². The van der Waals surface area contributed by atoms with E-state index in [4.69, 9.17) is 11.6 Å². The molecule has 0 saturated heterocycles. The van der Waals surface area contributed by atoms with Gasteiger partial charge in [-0.15, -0.1) is 4.40 Å². The quantitative estimate of drug-likeness (QED) is 0.484. The van der Waals surface area contributed by atoms with Crippen molar-refractivity contribution < 1.29 is 13.2 Å². The van der Waals surface area contributed by atoms with Crippen molar-refractivity contribution in [1.82, 2.24) is 10.9 Å². The van der Waals surface area contributed by atoms with Crippen LogP contribution in [-0.2, 0) is 10.0 Å². The molecule has 1 heterocycles. The van der Waals surface area contributed by atoms with Gasteiger partial charge in [0.25, 0.3) is 10.0 Å². The average molecular weight is 447 g/mol. The molecule has 1 aliphatic rings. The summed E-state index contributed by atoms with van der Waals surface area (Å²) in [5, 5.41) is 5.08. The predicted octanol–water partition coefficient (Wildman–Crippen LogP) is 4.28. The number of anilines is 1. The van der Waals surface area contributed by atoms with E-state index in [-0.39, 0.29) is 10.1 Å². The molecule has 3 N–H and O–H groups in total. The molecule has 3 aromatic carbocycles. The third-order valence-corrected chi connectivity index (χ3v) is 7.15. The van der Waals surface area contributed by atoms with Gasteiger partial charge in [-0.2, -0.15) is 8.42 Å². The lowest BCUT2D eigenvalue weighted by Gasteiger charge is -2.18. The summed E-state index contributed by atoms with van der Waals surface area (Å²) in [5.74, 6) is 0. The van der Waals surface area contributed by atoms with Gasteiger partial charge in [0.05, 0.1) is 5.69 Å². The lowest BCUT2D eigenvalue weighted by molar-refractivity contribution is 0.250. The van der Waals surface area contributed by atoms with Crippen LogP contribution in [0.15, 0.2) is 68.8 Å². The molecule has 0 aliphatic carbocycles. The Hall–Kier alpha value is -2.75. The van der Waals surface area contributed by atoms with Gasteiger partial charge in [0.1, 0.15) is 4.90 Å². The number of amides is 2. The highest BCUT2D eigenvalue weighted by atomic mass is 35.5. The second-order valence-electron chi connectivity index (χ2n) is 6.25. The standard InChI is InChI=1S/C19H15ClN4O3S2/c1-11-9-17-16(10-14(11)20)28-19(24-29(17,26)27)23-22-18(25)21-15-8-4-6-12-5-2-3-7-13(12)15/h2-10H,1H3,(H,23,24)(H2,21,22,25). The maximum atomic E-state index is 12.4. The maximum absolute atomic E-state index is 12.4. The van der Waals surface area contributed by atoms with E-state index in [1.54, 1.807) is 19.1 Å². The van der Waals surface area contributed by atoms with Gasteiger partial charge in [-0.05, 0) is 47.8 Å². The van der Waals surface area contributed by atoms with Crippen molar-refractivity contribution >= 4 is 61.0 Å². The summed E-state index contributed by atoms with van der Waals surface area (Å²) < 4.78 is 28.5. The molecule has 0 aromatic heterocycles. The molecule has 148 valence electrons. The molecule has 29 heavy (non-hydrogen) atoms. The number of hydrogen-bond donors (Lipinski definition) is 3. The number of carbonyl (C=O) groups is 1. The van der Waals surface area contributed by atoms with E-state index in [0.29, 0.717) is 21.2 Å². The first-order valence-electron chi connectivity index (χ1n) is 8.47. The molecule has 1 aliphatic heterocycles. The summed E-state index contributed by atoms with van der Waals surface area (Å²) in [6.45, 7) is 1.72. The summed E-state index contributed by atoms with van der Waals surface area (Å²) in [6, 6.07) is 15.7. The van der Waals surface area contributed by atoms with Crippen LogP contribution in [0.4, 0.5) is 10.5 Å². The molecule has 0 radical (unpaired) electrons. The number of carbonyl (C=O) groups excluding carboxylic acids is 1. The minimum Gasteiger partial charge on any atom is -0.306 e. The number of amidine groups is 1. The Balaban J connectivity index is 1.48. The van der Waals surface area contributed by atoms with Crippen molar-refractivity contribution in [2.45, 2.75) is 16.7 Å². The molecule has 0 atom stereocenters. The Bertz CT molecular complexity index is 1270. The van der Waals surface area contributed by atoms with E-state index in [1.807, 2.05) is 36.4 Å². The number of fused-ring (bicyclic) bond motifs is 2. The zero-order valence-electron chi connectivity index (χ0n) is 15.1. The van der Waals surface area contributed by atoms with E-state index >= 15 is 0 Å². The Morgan fingerprint density at radius 3 is 2.69 bits per heavy atom. The van der Waals surface area contributed by atoms with Crippen LogP contribution in [0.5, 0.6) is 0 Å². The normalized spacial score (nSPS) is 14.6. The van der Waals surface area contributed by atoms with Crippen LogP contribution in [-0.4, -0.2) is 19.6 Å². The Morgan fingerprint density at radius 1 is 1.10 bits per heavy atom. The van der Waals surface area contributed by atoms with Gasteiger partial charge >= 0.3 is 6.03 Å². The van der Waals surface area contributed by atoms with Crippen LogP contribution in [0.25, 0.3) is 10.8 Å². The van der Waals surface area contributed by atoms with E-state index in [0.717, 1.165) is 22.5 Å². The second-order valence-corrected chi connectivity index (χ2v) is 9.26. The molecule has 3 aromatic rings. The topological polar surface area (TPSA) is 99.7 Å². The molecule has 7 nitrogen and oxygen atoms in total. The number of hydrogen-bond acceptors (Lipinski definition) is 5. The fourth-order valence-electron chi connectivity index (χ4n) is 2.85. The van der Waals surface area contributed by atoms with E-state index in [2.05, 4.69) is 20.6 Å². The number of thioether (sulfide) groups is 1. The molecule has 2 amide bonds. The number of benzene rings is 3. The maximum Gasteiger partial charge on any atom is 0.337 e. The molecular formula is C19H15ClN4O3S2. The fourth-order valence-corrected chi connectivity index (χ4v) is 5.61. The van der Waals surface area contributed by atoms with Crippen molar-refractivity contribution in [3.05, 3.63) is 65.2 Å². The number of sulfonamides is 1. The van der Waals surface area contributed by atoms with Crippen molar-refractivity contribution in [2.24, 2.45) is 4.40 Å². The van der Waals surface area contributed by atoms with Crippen LogP contribution in [0, 0.1) is 6.92 Å². The van der Waals surface area contributed by atoms with Gasteiger partial charge in [-0.3, -0.25) is 5.43 Å². The monoisotopic (exact) mass is 446 g/mol. The lowest BCUT2D eigenvalue weighted by atomic mass is 10.1. The van der Waals surface area contributed by atoms with Crippen LogP contribution in [0.3, 0.4) is 0 Å². The molecule has 4 rings (SSSR count). The van der Waals surface area contributed by atoms with E-state index < -0.39 is 16.1 Å². The minimum atomic E-state index is -3.89. The van der Waals surface area contributed by atoms with Gasteiger partial charge in [-0.25, -0.2) is 10.2 Å². The van der Waals surface area contributed by atoms with Gasteiger partial charge in [0.2, 0.25) is 0 Å². The summed E-state index contributed by atoms with van der Waals surface area (Å²) in [4.78, 5) is 12.8. The minimum absolute atomic E-state index is 0.0190. The Kier molecular flexibility index (Phi) is 5.12. The molecule has 0 spiro atoms. The third kappa shape index (κ3) is 4.02. The smallest absolute Gasteiger partial charge is 0.306 e. The first-order valence-corrected chi connectivity index (χ1v) is 11.1. The number of halogens is 1. The van der Waals surface area contributed by atoms with Gasteiger partial charge in [-0.1, -0.05) is 48.0 Å². The molecule has 0 saturated carbocycles. The summed E-state index contributed by atoms with van der Waals surface area (Å²) >= 11 is 7.17. The summed E-state index contributed by atoms with van der Waals surface area (Å²) in [7, 11) is -3.89. The molecule has 10 heteroatoms. The number of aryl methyl sites for hydroxylation is 1. The van der Waals surface area contributed by atoms with Crippen LogP contribution in [0.2, 0.25) is 5.02 Å². The fraction of sp³-hybridized carbons (Fsp3) is 0.0526. The first kappa shape index (κ1) is 19.6. The van der Waals surface area contributed by atoms with E-state index in [9.17, 15) is 13.2 Å². The number of hydrazine groups is 1.